The molecule has 0 saturated heterocycles. The molecule has 2 unspecified atom stereocenters. The summed E-state index contributed by atoms with van der Waals surface area (Å²) in [6, 6.07) is 0.514. The Bertz CT molecular complexity index is 404. The summed E-state index contributed by atoms with van der Waals surface area (Å²) < 4.78 is 0. The maximum absolute atomic E-state index is 5.49. The van der Waals surface area contributed by atoms with E-state index in [1.165, 1.54) is 32.1 Å². The molecule has 18 heavy (non-hydrogen) atoms. The second kappa shape index (κ2) is 6.09. The predicted molar refractivity (Wildman–Crippen MR) is 77.6 cm³/mol. The third kappa shape index (κ3) is 3.63. The number of anilines is 1. The van der Waals surface area contributed by atoms with Crippen molar-refractivity contribution in [2.24, 2.45) is 11.7 Å². The van der Waals surface area contributed by atoms with E-state index in [4.69, 9.17) is 18.0 Å². The predicted octanol–water partition coefficient (Wildman–Crippen LogP) is 2.49. The van der Waals surface area contributed by atoms with Gasteiger partial charge in [0, 0.05) is 6.04 Å². The van der Waals surface area contributed by atoms with Gasteiger partial charge in [-0.3, -0.25) is 0 Å². The van der Waals surface area contributed by atoms with Gasteiger partial charge < -0.3 is 11.1 Å². The molecule has 0 spiro atoms. The van der Waals surface area contributed by atoms with E-state index < -0.39 is 0 Å². The van der Waals surface area contributed by atoms with E-state index in [2.05, 4.69) is 22.2 Å². The number of hydrogen-bond acceptors (Lipinski definition) is 4. The molecule has 2 atom stereocenters. The first-order valence-electron chi connectivity index (χ1n) is 6.53. The van der Waals surface area contributed by atoms with Gasteiger partial charge in [-0.1, -0.05) is 32.0 Å². The Balaban J connectivity index is 1.94. The van der Waals surface area contributed by atoms with Crippen LogP contribution in [0.15, 0.2) is 12.4 Å². The molecule has 4 nitrogen and oxygen atoms in total. The van der Waals surface area contributed by atoms with Crippen LogP contribution < -0.4 is 11.1 Å². The number of hydrogen-bond donors (Lipinski definition) is 2. The molecule has 98 valence electrons. The maximum Gasteiger partial charge on any atom is 0.144 e. The second-order valence-corrected chi connectivity index (χ2v) is 5.55. The van der Waals surface area contributed by atoms with E-state index in [0.29, 0.717) is 11.7 Å². The van der Waals surface area contributed by atoms with Gasteiger partial charge in [-0.05, 0) is 25.2 Å². The Morgan fingerprint density at radius 3 is 2.78 bits per heavy atom. The number of rotatable bonds is 3. The quantitative estimate of drug-likeness (QED) is 0.648. The van der Waals surface area contributed by atoms with Crippen molar-refractivity contribution in [3.8, 4) is 0 Å². The van der Waals surface area contributed by atoms with Crippen molar-refractivity contribution in [2.45, 2.75) is 45.1 Å². The number of aromatic nitrogens is 2. The molecule has 1 aromatic heterocycles. The first kappa shape index (κ1) is 13.2. The molecule has 1 aliphatic rings. The molecule has 2 rings (SSSR count). The van der Waals surface area contributed by atoms with E-state index in [9.17, 15) is 0 Å². The number of nitrogens with one attached hydrogen (secondary N) is 1. The van der Waals surface area contributed by atoms with E-state index in [1.54, 1.807) is 12.4 Å². The Morgan fingerprint density at radius 1 is 1.28 bits per heavy atom. The first-order chi connectivity index (χ1) is 8.65. The number of nitrogens with two attached hydrogens (primary N) is 1. The highest BCUT2D eigenvalue weighted by Crippen LogP contribution is 2.24. The fraction of sp³-hybridized carbons (Fsp3) is 0.615. The Morgan fingerprint density at radius 2 is 2.11 bits per heavy atom. The molecule has 1 saturated carbocycles. The molecule has 3 N–H and O–H groups in total. The van der Waals surface area contributed by atoms with Crippen LogP contribution in [-0.4, -0.2) is 21.0 Å². The van der Waals surface area contributed by atoms with Gasteiger partial charge >= 0.3 is 0 Å². The fourth-order valence-corrected chi connectivity index (χ4v) is 2.48. The van der Waals surface area contributed by atoms with Crippen LogP contribution in [0, 0.1) is 5.92 Å². The second-order valence-electron chi connectivity index (χ2n) is 5.11. The van der Waals surface area contributed by atoms with E-state index >= 15 is 0 Å². The zero-order chi connectivity index (χ0) is 13.0. The topological polar surface area (TPSA) is 63.8 Å². The summed E-state index contributed by atoms with van der Waals surface area (Å²) in [6.45, 7) is 2.33. The van der Waals surface area contributed by atoms with Crippen LogP contribution in [0.25, 0.3) is 0 Å². The molecule has 0 amide bonds. The van der Waals surface area contributed by atoms with Crippen molar-refractivity contribution in [3.05, 3.63) is 18.1 Å². The molecule has 0 aromatic carbocycles. The van der Waals surface area contributed by atoms with Crippen LogP contribution in [0.5, 0.6) is 0 Å². The van der Waals surface area contributed by atoms with Crippen molar-refractivity contribution in [3.63, 3.8) is 0 Å². The van der Waals surface area contributed by atoms with Crippen molar-refractivity contribution >= 4 is 23.0 Å². The van der Waals surface area contributed by atoms with Gasteiger partial charge in [0.1, 0.15) is 16.5 Å². The van der Waals surface area contributed by atoms with Crippen LogP contribution in [0.3, 0.4) is 0 Å². The van der Waals surface area contributed by atoms with Gasteiger partial charge in [-0.15, -0.1) is 0 Å². The zero-order valence-electron chi connectivity index (χ0n) is 10.7. The minimum absolute atomic E-state index is 0.289. The summed E-state index contributed by atoms with van der Waals surface area (Å²) in [5, 5.41) is 3.45. The monoisotopic (exact) mass is 264 g/mol. The van der Waals surface area contributed by atoms with Gasteiger partial charge in [0.15, 0.2) is 0 Å². The summed E-state index contributed by atoms with van der Waals surface area (Å²) in [4.78, 5) is 8.78. The Hall–Kier alpha value is -1.23. The minimum atomic E-state index is 0.289. The lowest BCUT2D eigenvalue weighted by Gasteiger charge is -2.16. The zero-order valence-corrected chi connectivity index (χ0v) is 11.5. The molecule has 1 fully saturated rings. The first-order valence-corrected chi connectivity index (χ1v) is 6.94. The van der Waals surface area contributed by atoms with E-state index in [1.807, 2.05) is 0 Å². The normalized spacial score (nSPS) is 24.3. The minimum Gasteiger partial charge on any atom is -0.388 e. The van der Waals surface area contributed by atoms with Crippen LogP contribution in [0.1, 0.15) is 44.7 Å². The molecule has 1 aliphatic carbocycles. The molecule has 0 bridgehead atoms. The Labute approximate surface area is 113 Å². The number of thiocarbonyl (C=S) groups is 1. The third-order valence-corrected chi connectivity index (χ3v) is 3.72. The summed E-state index contributed by atoms with van der Waals surface area (Å²) in [6.07, 6.45) is 9.67. The maximum atomic E-state index is 5.49. The van der Waals surface area contributed by atoms with Gasteiger partial charge in [-0.2, -0.15) is 0 Å². The SMILES string of the molecule is CC1CCCC(Nc2cnc(C(N)=S)cn2)CC1. The summed E-state index contributed by atoms with van der Waals surface area (Å²) >= 11 is 4.85. The molecular weight excluding hydrogens is 244 g/mol. The van der Waals surface area contributed by atoms with Crippen LogP contribution in [0.2, 0.25) is 0 Å². The van der Waals surface area contributed by atoms with E-state index in [0.717, 1.165) is 11.7 Å². The van der Waals surface area contributed by atoms with Crippen molar-refractivity contribution in [1.82, 2.24) is 9.97 Å². The lowest BCUT2D eigenvalue weighted by Crippen LogP contribution is -2.20. The number of nitrogens with zero attached hydrogens (tertiary/aromatic N) is 2. The van der Waals surface area contributed by atoms with Crippen LogP contribution in [0.4, 0.5) is 5.82 Å². The largest absolute Gasteiger partial charge is 0.388 e. The highest BCUT2D eigenvalue weighted by molar-refractivity contribution is 7.80. The average molecular weight is 264 g/mol. The van der Waals surface area contributed by atoms with Crippen molar-refractivity contribution in [2.75, 3.05) is 5.32 Å². The molecule has 5 heteroatoms. The van der Waals surface area contributed by atoms with Gasteiger partial charge in [-0.25, -0.2) is 9.97 Å². The molecule has 0 radical (unpaired) electrons. The molecular formula is C13H20N4S. The van der Waals surface area contributed by atoms with Gasteiger partial charge in [0.2, 0.25) is 0 Å². The summed E-state index contributed by atoms with van der Waals surface area (Å²) in [7, 11) is 0. The summed E-state index contributed by atoms with van der Waals surface area (Å²) in [5.41, 5.74) is 6.07. The molecule has 1 aromatic rings. The fourth-order valence-electron chi connectivity index (χ4n) is 2.37. The van der Waals surface area contributed by atoms with Gasteiger partial charge in [0.05, 0.1) is 12.4 Å². The van der Waals surface area contributed by atoms with Crippen LogP contribution in [-0.2, 0) is 0 Å². The third-order valence-electron chi connectivity index (χ3n) is 3.51. The van der Waals surface area contributed by atoms with Crippen LogP contribution >= 0.6 is 12.2 Å². The molecule has 1 heterocycles. The smallest absolute Gasteiger partial charge is 0.144 e. The highest BCUT2D eigenvalue weighted by atomic mass is 32.1. The van der Waals surface area contributed by atoms with E-state index in [-0.39, 0.29) is 4.99 Å². The standard InChI is InChI=1S/C13H20N4S/c1-9-3-2-4-10(6-5-9)17-12-8-15-11(7-16-12)13(14)18/h7-10H,2-6H2,1H3,(H2,14,18)(H,16,17). The average Bonchev–Trinajstić information content (AvgIpc) is 2.55. The lowest BCUT2D eigenvalue weighted by atomic mass is 10.0. The highest BCUT2D eigenvalue weighted by Gasteiger charge is 2.16. The van der Waals surface area contributed by atoms with Crippen molar-refractivity contribution in [1.29, 1.82) is 0 Å². The summed E-state index contributed by atoms with van der Waals surface area (Å²) in [5.74, 6) is 1.66. The van der Waals surface area contributed by atoms with Gasteiger partial charge in [0.25, 0.3) is 0 Å². The Kier molecular flexibility index (Phi) is 4.47. The molecule has 0 aliphatic heterocycles. The lowest BCUT2D eigenvalue weighted by molar-refractivity contribution is 0.502. The van der Waals surface area contributed by atoms with Crippen molar-refractivity contribution < 1.29 is 0 Å².